The lowest BCUT2D eigenvalue weighted by Gasteiger charge is -2.15. The number of ether oxygens (including phenoxy) is 2. The molecule has 0 saturated carbocycles. The van der Waals surface area contributed by atoms with Gasteiger partial charge in [-0.2, -0.15) is 0 Å². The highest BCUT2D eigenvalue weighted by molar-refractivity contribution is 5.90. The summed E-state index contributed by atoms with van der Waals surface area (Å²) in [7, 11) is 1.36. The van der Waals surface area contributed by atoms with Crippen molar-refractivity contribution in [1.82, 2.24) is 4.90 Å². The molecule has 1 aliphatic rings. The van der Waals surface area contributed by atoms with Gasteiger partial charge in [0.15, 0.2) is 0 Å². The van der Waals surface area contributed by atoms with Crippen LogP contribution in [0.1, 0.15) is 29.6 Å². The number of esters is 1. The zero-order valence-corrected chi connectivity index (χ0v) is 11.9. The van der Waals surface area contributed by atoms with E-state index in [9.17, 15) is 4.79 Å². The van der Waals surface area contributed by atoms with E-state index in [1.165, 1.54) is 33.0 Å². The van der Waals surface area contributed by atoms with Crippen LogP contribution in [0.5, 0.6) is 5.75 Å². The van der Waals surface area contributed by atoms with Gasteiger partial charge in [0.1, 0.15) is 5.75 Å². The Morgan fingerprint density at radius 3 is 2.80 bits per heavy atom. The Hall–Kier alpha value is -1.75. The molecule has 2 rings (SSSR count). The van der Waals surface area contributed by atoms with E-state index < -0.39 is 0 Å². The third kappa shape index (κ3) is 3.87. The number of carbonyl (C=O) groups excluding carboxylic acids is 1. The van der Waals surface area contributed by atoms with Crippen molar-refractivity contribution in [3.05, 3.63) is 23.8 Å². The minimum atomic E-state index is -0.382. The molecule has 110 valence electrons. The highest BCUT2D eigenvalue weighted by Crippen LogP contribution is 2.23. The molecule has 1 aliphatic heterocycles. The average molecular weight is 278 g/mol. The Balaban J connectivity index is 1.83. The summed E-state index contributed by atoms with van der Waals surface area (Å²) < 4.78 is 10.4. The molecular formula is C15H22N2O3. The summed E-state index contributed by atoms with van der Waals surface area (Å²) >= 11 is 0. The number of carbonyl (C=O) groups is 1. The highest BCUT2D eigenvalue weighted by Gasteiger charge is 2.11. The number of benzene rings is 1. The molecule has 1 fully saturated rings. The molecule has 1 saturated heterocycles. The van der Waals surface area contributed by atoms with E-state index in [1.54, 1.807) is 18.2 Å². The molecule has 5 heteroatoms. The minimum absolute atomic E-state index is 0.382. The molecule has 0 bridgehead atoms. The van der Waals surface area contributed by atoms with Gasteiger partial charge in [-0.1, -0.05) is 0 Å². The van der Waals surface area contributed by atoms with E-state index in [0.717, 1.165) is 13.0 Å². The van der Waals surface area contributed by atoms with Gasteiger partial charge >= 0.3 is 5.97 Å². The number of rotatable bonds is 6. The molecule has 0 spiro atoms. The summed E-state index contributed by atoms with van der Waals surface area (Å²) in [6.07, 6.45) is 3.56. The monoisotopic (exact) mass is 278 g/mol. The van der Waals surface area contributed by atoms with Gasteiger partial charge in [-0.15, -0.1) is 0 Å². The summed E-state index contributed by atoms with van der Waals surface area (Å²) in [6, 6.07) is 4.94. The van der Waals surface area contributed by atoms with E-state index in [1.807, 2.05) is 0 Å². The van der Waals surface area contributed by atoms with Crippen LogP contribution in [0.3, 0.4) is 0 Å². The number of anilines is 1. The summed E-state index contributed by atoms with van der Waals surface area (Å²) in [6.45, 7) is 4.04. The standard InChI is InChI=1S/C15H22N2O3/c1-19-15(18)12-5-6-13(16)14(11-12)20-10-4-9-17-7-2-3-8-17/h5-6,11H,2-4,7-10,16H2,1H3. The number of nitrogen functional groups attached to an aromatic ring is 1. The topological polar surface area (TPSA) is 64.8 Å². The van der Waals surface area contributed by atoms with Crippen LogP contribution < -0.4 is 10.5 Å². The average Bonchev–Trinajstić information content (AvgIpc) is 2.97. The van der Waals surface area contributed by atoms with E-state index in [4.69, 9.17) is 10.5 Å². The Morgan fingerprint density at radius 1 is 1.35 bits per heavy atom. The number of nitrogens with zero attached hydrogens (tertiary/aromatic N) is 1. The first-order valence-corrected chi connectivity index (χ1v) is 7.03. The van der Waals surface area contributed by atoms with E-state index >= 15 is 0 Å². The third-order valence-corrected chi connectivity index (χ3v) is 3.51. The molecule has 0 amide bonds. The zero-order valence-electron chi connectivity index (χ0n) is 11.9. The second kappa shape index (κ2) is 7.14. The molecule has 2 N–H and O–H groups in total. The summed E-state index contributed by atoms with van der Waals surface area (Å²) in [5.41, 5.74) is 6.84. The minimum Gasteiger partial charge on any atom is -0.491 e. The fraction of sp³-hybridized carbons (Fsp3) is 0.533. The summed E-state index contributed by atoms with van der Waals surface area (Å²) in [4.78, 5) is 13.9. The lowest BCUT2D eigenvalue weighted by atomic mass is 10.2. The van der Waals surface area contributed by atoms with Crippen LogP contribution in [0.25, 0.3) is 0 Å². The normalized spacial score (nSPS) is 15.2. The number of likely N-dealkylation sites (tertiary alicyclic amines) is 1. The van der Waals surface area contributed by atoms with Crippen LogP contribution in [0.15, 0.2) is 18.2 Å². The van der Waals surface area contributed by atoms with E-state index in [-0.39, 0.29) is 5.97 Å². The van der Waals surface area contributed by atoms with Crippen LogP contribution in [0, 0.1) is 0 Å². The molecule has 5 nitrogen and oxygen atoms in total. The number of nitrogens with two attached hydrogens (primary N) is 1. The molecule has 1 aromatic carbocycles. The van der Waals surface area contributed by atoms with Gasteiger partial charge in [-0.25, -0.2) is 4.79 Å². The molecule has 20 heavy (non-hydrogen) atoms. The van der Waals surface area contributed by atoms with Gasteiger partial charge in [-0.3, -0.25) is 0 Å². The lowest BCUT2D eigenvalue weighted by Crippen LogP contribution is -2.22. The fourth-order valence-electron chi connectivity index (χ4n) is 2.38. The number of hydrogen-bond donors (Lipinski definition) is 1. The molecule has 0 aromatic heterocycles. The lowest BCUT2D eigenvalue weighted by molar-refractivity contribution is 0.0600. The van der Waals surface area contributed by atoms with Gasteiger partial charge in [0.2, 0.25) is 0 Å². The van der Waals surface area contributed by atoms with Crippen molar-refractivity contribution in [3.63, 3.8) is 0 Å². The smallest absolute Gasteiger partial charge is 0.337 e. The Labute approximate surface area is 119 Å². The second-order valence-corrected chi connectivity index (χ2v) is 4.99. The maximum absolute atomic E-state index is 11.5. The van der Waals surface area contributed by atoms with Crippen molar-refractivity contribution in [2.24, 2.45) is 0 Å². The molecule has 0 atom stereocenters. The van der Waals surface area contributed by atoms with Gasteiger partial charge in [-0.05, 0) is 50.6 Å². The zero-order chi connectivity index (χ0) is 14.4. The van der Waals surface area contributed by atoms with E-state index in [2.05, 4.69) is 9.64 Å². The Bertz CT molecular complexity index is 456. The number of hydrogen-bond acceptors (Lipinski definition) is 5. The maximum atomic E-state index is 11.5. The van der Waals surface area contributed by atoms with Crippen molar-refractivity contribution >= 4 is 11.7 Å². The van der Waals surface area contributed by atoms with Crippen LogP contribution >= 0.6 is 0 Å². The molecule has 1 aromatic rings. The van der Waals surface area contributed by atoms with Crippen LogP contribution in [0.4, 0.5) is 5.69 Å². The van der Waals surface area contributed by atoms with Crippen molar-refractivity contribution in [3.8, 4) is 5.75 Å². The van der Waals surface area contributed by atoms with Crippen molar-refractivity contribution in [2.75, 3.05) is 39.1 Å². The maximum Gasteiger partial charge on any atom is 0.337 e. The van der Waals surface area contributed by atoms with Crippen molar-refractivity contribution in [2.45, 2.75) is 19.3 Å². The molecule has 0 unspecified atom stereocenters. The summed E-state index contributed by atoms with van der Waals surface area (Å²) in [5, 5.41) is 0. The van der Waals surface area contributed by atoms with Crippen molar-refractivity contribution < 1.29 is 14.3 Å². The number of methoxy groups -OCH3 is 1. The molecule has 0 radical (unpaired) electrons. The predicted octanol–water partition coefficient (Wildman–Crippen LogP) is 1.92. The van der Waals surface area contributed by atoms with E-state index in [0.29, 0.717) is 23.6 Å². The third-order valence-electron chi connectivity index (χ3n) is 3.51. The molecule has 1 heterocycles. The Morgan fingerprint density at radius 2 is 2.10 bits per heavy atom. The first-order chi connectivity index (χ1) is 9.70. The van der Waals surface area contributed by atoms with Crippen LogP contribution in [-0.4, -0.2) is 44.2 Å². The van der Waals surface area contributed by atoms with Crippen LogP contribution in [0.2, 0.25) is 0 Å². The van der Waals surface area contributed by atoms with Gasteiger partial charge in [0.25, 0.3) is 0 Å². The quantitative estimate of drug-likeness (QED) is 0.489. The fourth-order valence-corrected chi connectivity index (χ4v) is 2.38. The van der Waals surface area contributed by atoms with Gasteiger partial charge < -0.3 is 20.1 Å². The van der Waals surface area contributed by atoms with Gasteiger partial charge in [0.05, 0.1) is 25.0 Å². The van der Waals surface area contributed by atoms with Gasteiger partial charge in [0, 0.05) is 6.54 Å². The Kier molecular flexibility index (Phi) is 5.24. The molecular weight excluding hydrogens is 256 g/mol. The largest absolute Gasteiger partial charge is 0.491 e. The second-order valence-electron chi connectivity index (χ2n) is 4.99. The first kappa shape index (κ1) is 14.7. The SMILES string of the molecule is COC(=O)c1ccc(N)c(OCCCN2CCCC2)c1. The summed E-state index contributed by atoms with van der Waals surface area (Å²) in [5.74, 6) is 0.168. The first-order valence-electron chi connectivity index (χ1n) is 7.03. The highest BCUT2D eigenvalue weighted by atomic mass is 16.5. The predicted molar refractivity (Wildman–Crippen MR) is 78.0 cm³/mol. The van der Waals surface area contributed by atoms with Crippen LogP contribution in [-0.2, 0) is 4.74 Å². The molecule has 0 aliphatic carbocycles. The van der Waals surface area contributed by atoms with Crippen molar-refractivity contribution in [1.29, 1.82) is 0 Å².